The van der Waals surface area contributed by atoms with E-state index in [1.807, 2.05) is 24.4 Å². The van der Waals surface area contributed by atoms with Gasteiger partial charge in [0, 0.05) is 40.5 Å². The Kier molecular flexibility index (Phi) is 3.95. The Hall–Kier alpha value is -3.53. The molecule has 29 heavy (non-hydrogen) atoms. The fraction of sp³-hybridized carbons (Fsp3) is 0.160. The molecule has 0 N–H and O–H groups in total. The van der Waals surface area contributed by atoms with Crippen molar-refractivity contribution >= 4 is 32.6 Å². The second kappa shape index (κ2) is 6.52. The zero-order valence-corrected chi connectivity index (χ0v) is 17.0. The van der Waals surface area contributed by atoms with E-state index in [9.17, 15) is 0 Å². The first-order valence-electron chi connectivity index (χ1n) is 9.61. The molecule has 0 saturated carbocycles. The minimum absolute atomic E-state index is 0.841. The molecule has 0 fully saturated rings. The predicted octanol–water partition coefficient (Wildman–Crippen LogP) is 5.87. The summed E-state index contributed by atoms with van der Waals surface area (Å²) in [4.78, 5) is 4.73. The Morgan fingerprint density at radius 3 is 2.21 bits per heavy atom. The SMILES string of the molecule is COc1ccc(-c2nccc3c(C)c4c(cc23)c2cc(OC)ccc2n4C)cc1. The summed E-state index contributed by atoms with van der Waals surface area (Å²) in [5.41, 5.74) is 5.75. The molecule has 4 nitrogen and oxygen atoms in total. The maximum absolute atomic E-state index is 5.48. The maximum atomic E-state index is 5.48. The van der Waals surface area contributed by atoms with Gasteiger partial charge in [-0.2, -0.15) is 0 Å². The van der Waals surface area contributed by atoms with E-state index in [1.54, 1.807) is 14.2 Å². The fourth-order valence-corrected chi connectivity index (χ4v) is 4.38. The molecule has 0 aliphatic rings. The number of fused-ring (bicyclic) bond motifs is 4. The maximum Gasteiger partial charge on any atom is 0.119 e. The molecule has 5 rings (SSSR count). The molecule has 2 aromatic heterocycles. The van der Waals surface area contributed by atoms with E-state index in [4.69, 9.17) is 14.5 Å². The van der Waals surface area contributed by atoms with Crippen molar-refractivity contribution in [3.8, 4) is 22.8 Å². The van der Waals surface area contributed by atoms with Crippen LogP contribution in [0.3, 0.4) is 0 Å². The van der Waals surface area contributed by atoms with E-state index in [-0.39, 0.29) is 0 Å². The van der Waals surface area contributed by atoms with Gasteiger partial charge in [-0.3, -0.25) is 4.98 Å². The highest BCUT2D eigenvalue weighted by molar-refractivity contribution is 6.16. The lowest BCUT2D eigenvalue weighted by molar-refractivity contribution is 0.415. The molecule has 2 heterocycles. The lowest BCUT2D eigenvalue weighted by Gasteiger charge is -2.11. The molecule has 0 saturated heterocycles. The van der Waals surface area contributed by atoms with E-state index >= 15 is 0 Å². The molecule has 144 valence electrons. The summed E-state index contributed by atoms with van der Waals surface area (Å²) in [5, 5.41) is 4.78. The number of methoxy groups -OCH3 is 2. The van der Waals surface area contributed by atoms with Gasteiger partial charge >= 0.3 is 0 Å². The fourth-order valence-electron chi connectivity index (χ4n) is 4.38. The van der Waals surface area contributed by atoms with Gasteiger partial charge in [0.1, 0.15) is 11.5 Å². The smallest absolute Gasteiger partial charge is 0.119 e. The molecule has 0 aliphatic carbocycles. The van der Waals surface area contributed by atoms with Crippen LogP contribution in [0.4, 0.5) is 0 Å². The van der Waals surface area contributed by atoms with Gasteiger partial charge in [-0.05, 0) is 72.5 Å². The molecular weight excluding hydrogens is 360 g/mol. The second-order valence-electron chi connectivity index (χ2n) is 7.32. The van der Waals surface area contributed by atoms with Crippen molar-refractivity contribution in [1.29, 1.82) is 0 Å². The van der Waals surface area contributed by atoms with Gasteiger partial charge in [-0.1, -0.05) is 0 Å². The Bertz CT molecular complexity index is 1380. The average Bonchev–Trinajstić information content (AvgIpc) is 3.05. The average molecular weight is 382 g/mol. The van der Waals surface area contributed by atoms with Crippen LogP contribution in [0.1, 0.15) is 5.56 Å². The third kappa shape index (κ3) is 2.56. The number of hydrogen-bond acceptors (Lipinski definition) is 3. The molecule has 4 heteroatoms. The third-order valence-electron chi connectivity index (χ3n) is 5.85. The molecule has 0 aliphatic heterocycles. The summed E-state index contributed by atoms with van der Waals surface area (Å²) in [6.07, 6.45) is 1.90. The Morgan fingerprint density at radius 1 is 0.759 bits per heavy atom. The monoisotopic (exact) mass is 382 g/mol. The van der Waals surface area contributed by atoms with E-state index in [0.29, 0.717) is 0 Å². The highest BCUT2D eigenvalue weighted by atomic mass is 16.5. The van der Waals surface area contributed by atoms with Crippen LogP contribution in [0.15, 0.2) is 60.8 Å². The van der Waals surface area contributed by atoms with Gasteiger partial charge < -0.3 is 14.0 Å². The number of nitrogens with zero attached hydrogens (tertiary/aromatic N) is 2. The van der Waals surface area contributed by atoms with Gasteiger partial charge in [-0.25, -0.2) is 0 Å². The highest BCUT2D eigenvalue weighted by Gasteiger charge is 2.16. The van der Waals surface area contributed by atoms with Crippen LogP contribution in [0, 0.1) is 6.92 Å². The topological polar surface area (TPSA) is 36.3 Å². The minimum Gasteiger partial charge on any atom is -0.497 e. The number of aryl methyl sites for hydroxylation is 2. The van der Waals surface area contributed by atoms with Crippen LogP contribution in [-0.4, -0.2) is 23.8 Å². The Morgan fingerprint density at radius 2 is 1.48 bits per heavy atom. The summed E-state index contributed by atoms with van der Waals surface area (Å²) in [6.45, 7) is 2.19. The van der Waals surface area contributed by atoms with E-state index in [0.717, 1.165) is 28.1 Å². The van der Waals surface area contributed by atoms with Crippen LogP contribution < -0.4 is 9.47 Å². The molecule has 0 amide bonds. The molecule has 0 atom stereocenters. The van der Waals surface area contributed by atoms with E-state index in [2.05, 4.69) is 54.9 Å². The summed E-state index contributed by atoms with van der Waals surface area (Å²) in [6, 6.07) is 18.7. The van der Waals surface area contributed by atoms with Crippen molar-refractivity contribution in [2.45, 2.75) is 6.92 Å². The van der Waals surface area contributed by atoms with Crippen LogP contribution in [0.5, 0.6) is 11.5 Å². The van der Waals surface area contributed by atoms with Gasteiger partial charge in [0.15, 0.2) is 0 Å². The largest absolute Gasteiger partial charge is 0.497 e. The van der Waals surface area contributed by atoms with Crippen LogP contribution in [0.2, 0.25) is 0 Å². The first-order valence-corrected chi connectivity index (χ1v) is 9.61. The highest BCUT2D eigenvalue weighted by Crippen LogP contribution is 2.38. The minimum atomic E-state index is 0.841. The van der Waals surface area contributed by atoms with Crippen LogP contribution >= 0.6 is 0 Å². The molecule has 3 aromatic carbocycles. The predicted molar refractivity (Wildman–Crippen MR) is 119 cm³/mol. The summed E-state index contributed by atoms with van der Waals surface area (Å²) in [5.74, 6) is 1.71. The first kappa shape index (κ1) is 17.6. The van der Waals surface area contributed by atoms with Crippen LogP contribution in [-0.2, 0) is 7.05 Å². The second-order valence-corrected chi connectivity index (χ2v) is 7.32. The molecular formula is C25H22N2O2. The van der Waals surface area contributed by atoms with Gasteiger partial charge in [-0.15, -0.1) is 0 Å². The number of pyridine rings is 1. The molecule has 0 spiro atoms. The Labute approximate surface area is 169 Å². The van der Waals surface area contributed by atoms with E-state index in [1.165, 1.54) is 32.8 Å². The number of rotatable bonds is 3. The molecule has 0 bridgehead atoms. The number of ether oxygens (including phenoxy) is 2. The molecule has 5 aromatic rings. The van der Waals surface area contributed by atoms with Crippen molar-refractivity contribution < 1.29 is 9.47 Å². The molecule has 0 radical (unpaired) electrons. The normalized spacial score (nSPS) is 11.4. The number of aromatic nitrogens is 2. The van der Waals surface area contributed by atoms with Gasteiger partial charge in [0.2, 0.25) is 0 Å². The van der Waals surface area contributed by atoms with Crippen molar-refractivity contribution in [1.82, 2.24) is 9.55 Å². The molecule has 0 unspecified atom stereocenters. The summed E-state index contributed by atoms with van der Waals surface area (Å²) in [7, 11) is 5.51. The number of hydrogen-bond donors (Lipinski definition) is 0. The Balaban J connectivity index is 1.88. The van der Waals surface area contributed by atoms with Crippen LogP contribution in [0.25, 0.3) is 43.8 Å². The van der Waals surface area contributed by atoms with Crippen molar-refractivity contribution in [3.05, 3.63) is 66.4 Å². The standard InChI is InChI=1S/C25H22N2O2/c1-15-19-11-12-26-24(16-5-7-17(28-3)8-6-16)21(19)14-22-20-13-18(29-4)9-10-23(20)27(2)25(15)22/h5-14H,1-4H3. The summed E-state index contributed by atoms with van der Waals surface area (Å²) < 4.78 is 13.1. The van der Waals surface area contributed by atoms with E-state index < -0.39 is 0 Å². The lowest BCUT2D eigenvalue weighted by Crippen LogP contribution is -1.93. The van der Waals surface area contributed by atoms with Gasteiger partial charge in [0.05, 0.1) is 25.4 Å². The van der Waals surface area contributed by atoms with Crippen molar-refractivity contribution in [2.75, 3.05) is 14.2 Å². The zero-order chi connectivity index (χ0) is 20.1. The van der Waals surface area contributed by atoms with Crippen molar-refractivity contribution in [3.63, 3.8) is 0 Å². The first-order chi connectivity index (χ1) is 14.1. The number of benzene rings is 3. The quantitative estimate of drug-likeness (QED) is 0.391. The van der Waals surface area contributed by atoms with Gasteiger partial charge in [0.25, 0.3) is 0 Å². The summed E-state index contributed by atoms with van der Waals surface area (Å²) >= 11 is 0. The van der Waals surface area contributed by atoms with Crippen molar-refractivity contribution in [2.24, 2.45) is 7.05 Å². The third-order valence-corrected chi connectivity index (χ3v) is 5.85. The lowest BCUT2D eigenvalue weighted by atomic mass is 9.97. The zero-order valence-electron chi connectivity index (χ0n) is 17.0.